The summed E-state index contributed by atoms with van der Waals surface area (Å²) in [6, 6.07) is 0.187. The van der Waals surface area contributed by atoms with Gasteiger partial charge in [-0.05, 0) is 11.8 Å². The number of rotatable bonds is 0. The molecule has 0 aromatic carbocycles. The molecule has 0 aromatic heterocycles. The minimum atomic E-state index is -0.775. The molecular formula is C10H18N2O2. The second kappa shape index (κ2) is 2.63. The normalized spacial score (nSPS) is 36.5. The first-order valence-corrected chi connectivity index (χ1v) is 5.10. The molecule has 1 amide bonds. The van der Waals surface area contributed by atoms with E-state index in [0.29, 0.717) is 6.54 Å². The molecule has 1 unspecified atom stereocenters. The molecule has 2 saturated heterocycles. The van der Waals surface area contributed by atoms with Gasteiger partial charge in [0.25, 0.3) is 0 Å². The number of likely N-dealkylation sites (tertiary alicyclic amines) is 1. The van der Waals surface area contributed by atoms with E-state index >= 15 is 0 Å². The Kier molecular flexibility index (Phi) is 1.83. The van der Waals surface area contributed by atoms with Crippen LogP contribution in [0.2, 0.25) is 0 Å². The van der Waals surface area contributed by atoms with E-state index in [0.717, 1.165) is 13.0 Å². The smallest absolute Gasteiger partial charge is 0.407 e. The molecule has 0 aromatic rings. The van der Waals surface area contributed by atoms with Gasteiger partial charge >= 0.3 is 6.09 Å². The second-order valence-corrected chi connectivity index (χ2v) is 5.48. The number of nitrogens with zero attached hydrogens (tertiary/aromatic N) is 1. The predicted molar refractivity (Wildman–Crippen MR) is 53.3 cm³/mol. The minimum Gasteiger partial charge on any atom is -0.465 e. The van der Waals surface area contributed by atoms with Crippen LogP contribution in [0.1, 0.15) is 27.2 Å². The highest BCUT2D eigenvalue weighted by molar-refractivity contribution is 5.66. The zero-order valence-corrected chi connectivity index (χ0v) is 9.00. The van der Waals surface area contributed by atoms with Gasteiger partial charge in [-0.2, -0.15) is 0 Å². The van der Waals surface area contributed by atoms with Crippen LogP contribution >= 0.6 is 0 Å². The maximum Gasteiger partial charge on any atom is 0.407 e. The lowest BCUT2D eigenvalue weighted by molar-refractivity contribution is 0.102. The molecular weight excluding hydrogens is 180 g/mol. The summed E-state index contributed by atoms with van der Waals surface area (Å²) in [5.41, 5.74) is 0.113. The summed E-state index contributed by atoms with van der Waals surface area (Å²) in [7, 11) is 0. The van der Waals surface area contributed by atoms with Crippen molar-refractivity contribution >= 4 is 6.09 Å². The highest BCUT2D eigenvalue weighted by Crippen LogP contribution is 2.44. The highest BCUT2D eigenvalue weighted by atomic mass is 16.4. The van der Waals surface area contributed by atoms with E-state index in [2.05, 4.69) is 26.1 Å². The van der Waals surface area contributed by atoms with Gasteiger partial charge in [-0.15, -0.1) is 0 Å². The first-order valence-electron chi connectivity index (χ1n) is 5.10. The topological polar surface area (TPSA) is 52.6 Å². The van der Waals surface area contributed by atoms with E-state index < -0.39 is 6.09 Å². The third-order valence-corrected chi connectivity index (χ3v) is 3.82. The van der Waals surface area contributed by atoms with Crippen molar-refractivity contribution in [2.75, 3.05) is 13.1 Å². The van der Waals surface area contributed by atoms with E-state index in [1.165, 1.54) is 0 Å². The number of hydrogen-bond acceptors (Lipinski definition) is 2. The average molecular weight is 198 g/mol. The van der Waals surface area contributed by atoms with Crippen LogP contribution in [0.3, 0.4) is 0 Å². The van der Waals surface area contributed by atoms with Crippen molar-refractivity contribution < 1.29 is 9.90 Å². The molecule has 2 heterocycles. The lowest BCUT2D eigenvalue weighted by Crippen LogP contribution is -2.58. The summed E-state index contributed by atoms with van der Waals surface area (Å²) in [4.78, 5) is 12.5. The molecule has 0 radical (unpaired) electrons. The Morgan fingerprint density at radius 3 is 2.57 bits per heavy atom. The number of amides is 1. The van der Waals surface area contributed by atoms with Crippen LogP contribution in [0.5, 0.6) is 0 Å². The zero-order chi connectivity index (χ0) is 10.6. The van der Waals surface area contributed by atoms with Crippen LogP contribution in [-0.4, -0.2) is 40.8 Å². The summed E-state index contributed by atoms with van der Waals surface area (Å²) in [5.74, 6) is 0. The minimum absolute atomic E-state index is 0.00391. The molecule has 2 atom stereocenters. The SMILES string of the molecule is CC(C)(C)C12C[C@@H](CN1)N(C(=O)O)C2. The lowest BCUT2D eigenvalue weighted by atomic mass is 9.74. The molecule has 2 fully saturated rings. The fourth-order valence-electron chi connectivity index (χ4n) is 2.65. The quantitative estimate of drug-likeness (QED) is 0.613. The van der Waals surface area contributed by atoms with Crippen LogP contribution in [0, 0.1) is 5.41 Å². The van der Waals surface area contributed by atoms with Crippen molar-refractivity contribution in [1.29, 1.82) is 0 Å². The van der Waals surface area contributed by atoms with Gasteiger partial charge in [0.1, 0.15) is 0 Å². The van der Waals surface area contributed by atoms with Gasteiger partial charge in [0.05, 0.1) is 0 Å². The molecule has 2 aliphatic rings. The Morgan fingerprint density at radius 1 is 1.57 bits per heavy atom. The number of piperazine rings is 1. The molecule has 4 heteroatoms. The van der Waals surface area contributed by atoms with Gasteiger partial charge in [0.15, 0.2) is 0 Å². The van der Waals surface area contributed by atoms with Gasteiger partial charge in [-0.1, -0.05) is 20.8 Å². The van der Waals surface area contributed by atoms with Crippen molar-refractivity contribution in [3.8, 4) is 0 Å². The Hall–Kier alpha value is -0.770. The molecule has 2 rings (SSSR count). The summed E-state index contributed by atoms with van der Waals surface area (Å²) < 4.78 is 0. The largest absolute Gasteiger partial charge is 0.465 e. The maximum atomic E-state index is 11.0. The van der Waals surface area contributed by atoms with E-state index in [4.69, 9.17) is 5.11 Å². The fourth-order valence-corrected chi connectivity index (χ4v) is 2.65. The molecule has 0 saturated carbocycles. The van der Waals surface area contributed by atoms with Gasteiger partial charge in [0.2, 0.25) is 0 Å². The van der Waals surface area contributed by atoms with Crippen molar-refractivity contribution in [3.05, 3.63) is 0 Å². The number of carboxylic acid groups (broad SMARTS) is 1. The van der Waals surface area contributed by atoms with Gasteiger partial charge in [-0.25, -0.2) is 4.79 Å². The first kappa shape index (κ1) is 9.77. The van der Waals surface area contributed by atoms with Gasteiger partial charge < -0.3 is 15.3 Å². The van der Waals surface area contributed by atoms with E-state index in [9.17, 15) is 4.79 Å². The summed E-state index contributed by atoms with van der Waals surface area (Å²) in [6.45, 7) is 7.97. The van der Waals surface area contributed by atoms with Crippen LogP contribution in [0.4, 0.5) is 4.79 Å². The standard InChI is InChI=1S/C10H18N2O2/c1-9(2,3)10-4-7(5-11-10)12(6-10)8(13)14/h7,11H,4-6H2,1-3H3,(H,13,14)/t7-,10?/m0/s1. The summed E-state index contributed by atoms with van der Waals surface area (Å²) >= 11 is 0. The van der Waals surface area contributed by atoms with Crippen LogP contribution in [0.15, 0.2) is 0 Å². The third-order valence-electron chi connectivity index (χ3n) is 3.82. The van der Waals surface area contributed by atoms with Crippen molar-refractivity contribution in [2.45, 2.75) is 38.8 Å². The zero-order valence-electron chi connectivity index (χ0n) is 9.00. The monoisotopic (exact) mass is 198 g/mol. The van der Waals surface area contributed by atoms with Crippen molar-refractivity contribution in [2.24, 2.45) is 5.41 Å². The van der Waals surface area contributed by atoms with Gasteiger partial charge in [0, 0.05) is 24.7 Å². The number of hydrogen-bond donors (Lipinski definition) is 2. The molecule has 14 heavy (non-hydrogen) atoms. The predicted octanol–water partition coefficient (Wildman–Crippen LogP) is 1.13. The number of fused-ring (bicyclic) bond motifs is 2. The number of nitrogens with one attached hydrogen (secondary N) is 1. The molecule has 2 N–H and O–H groups in total. The van der Waals surface area contributed by atoms with Crippen molar-refractivity contribution in [1.82, 2.24) is 10.2 Å². The lowest BCUT2D eigenvalue weighted by Gasteiger charge is -2.42. The van der Waals surface area contributed by atoms with Crippen LogP contribution in [-0.2, 0) is 0 Å². The van der Waals surface area contributed by atoms with Gasteiger partial charge in [-0.3, -0.25) is 0 Å². The van der Waals surface area contributed by atoms with E-state index in [-0.39, 0.29) is 17.0 Å². The Labute approximate surface area is 84.3 Å². The molecule has 2 aliphatic heterocycles. The summed E-state index contributed by atoms with van der Waals surface area (Å²) in [6.07, 6.45) is 0.186. The van der Waals surface area contributed by atoms with E-state index in [1.54, 1.807) is 4.90 Å². The van der Waals surface area contributed by atoms with E-state index in [1.807, 2.05) is 0 Å². The Morgan fingerprint density at radius 2 is 2.21 bits per heavy atom. The first-order chi connectivity index (χ1) is 6.36. The fraction of sp³-hybridized carbons (Fsp3) is 0.900. The highest BCUT2D eigenvalue weighted by Gasteiger charge is 2.56. The molecule has 4 nitrogen and oxygen atoms in total. The Bertz CT molecular complexity index is 272. The molecule has 80 valence electrons. The molecule has 0 spiro atoms. The Balaban J connectivity index is 2.23. The third kappa shape index (κ3) is 1.13. The maximum absolute atomic E-state index is 11.0. The summed E-state index contributed by atoms with van der Waals surface area (Å²) in [5, 5.41) is 12.5. The average Bonchev–Trinajstić information content (AvgIpc) is 2.59. The molecule has 0 aliphatic carbocycles. The van der Waals surface area contributed by atoms with Crippen molar-refractivity contribution in [3.63, 3.8) is 0 Å². The van der Waals surface area contributed by atoms with Crippen LogP contribution in [0.25, 0.3) is 0 Å². The second-order valence-electron chi connectivity index (χ2n) is 5.48. The molecule has 2 bridgehead atoms. The number of carbonyl (C=O) groups is 1. The van der Waals surface area contributed by atoms with Crippen LogP contribution < -0.4 is 5.32 Å².